The Hall–Kier alpha value is 0.200. The summed E-state index contributed by atoms with van der Waals surface area (Å²) in [7, 11) is 0. The summed E-state index contributed by atoms with van der Waals surface area (Å²) < 4.78 is 0.875. The van der Waals surface area contributed by atoms with Gasteiger partial charge in [-0.2, -0.15) is 0 Å². The van der Waals surface area contributed by atoms with Crippen molar-refractivity contribution in [3.8, 4) is 0 Å². The summed E-state index contributed by atoms with van der Waals surface area (Å²) in [6, 6.07) is 5.22. The van der Waals surface area contributed by atoms with Crippen molar-refractivity contribution in [3.63, 3.8) is 0 Å². The molecule has 0 amide bonds. The van der Waals surface area contributed by atoms with Gasteiger partial charge in [0.05, 0.1) is 0 Å². The molecule has 0 heterocycles. The maximum atomic E-state index is 11.4. The third-order valence-corrected chi connectivity index (χ3v) is 2.87. The van der Waals surface area contributed by atoms with E-state index in [4.69, 9.17) is 23.2 Å². The Kier molecular flexibility index (Phi) is 4.49. The van der Waals surface area contributed by atoms with E-state index in [0.717, 1.165) is 3.57 Å². The molecule has 0 aliphatic carbocycles. The molecule has 0 saturated heterocycles. The van der Waals surface area contributed by atoms with Gasteiger partial charge in [-0.3, -0.25) is 4.79 Å². The molecule has 0 saturated carbocycles. The van der Waals surface area contributed by atoms with Gasteiger partial charge in [-0.05, 0) is 40.8 Å². The summed E-state index contributed by atoms with van der Waals surface area (Å²) in [5.41, 5.74) is 0.700. The number of carbonyl (C=O) groups is 1. The molecule has 0 bridgehead atoms. The number of rotatable bonds is 3. The molecule has 0 aliphatic heterocycles. The van der Waals surface area contributed by atoms with Crippen LogP contribution in [0.3, 0.4) is 0 Å². The first-order valence-corrected chi connectivity index (χ1v) is 5.68. The number of hydrogen-bond donors (Lipinski definition) is 0. The number of hydrogen-bond acceptors (Lipinski definition) is 1. The zero-order chi connectivity index (χ0) is 9.84. The molecule has 1 aromatic rings. The van der Waals surface area contributed by atoms with Crippen LogP contribution in [0.15, 0.2) is 18.2 Å². The van der Waals surface area contributed by atoms with Gasteiger partial charge in [-0.15, -0.1) is 11.6 Å². The lowest BCUT2D eigenvalue weighted by Gasteiger charge is -2.01. The van der Waals surface area contributed by atoms with E-state index in [1.165, 1.54) is 0 Å². The molecule has 4 heteroatoms. The van der Waals surface area contributed by atoms with Crippen molar-refractivity contribution in [3.05, 3.63) is 32.4 Å². The molecule has 0 aromatic heterocycles. The van der Waals surface area contributed by atoms with E-state index in [2.05, 4.69) is 22.6 Å². The maximum Gasteiger partial charge on any atom is 0.165 e. The lowest BCUT2D eigenvalue weighted by Crippen LogP contribution is -2.01. The van der Waals surface area contributed by atoms with Crippen LogP contribution in [0, 0.1) is 3.57 Å². The fourth-order valence-electron chi connectivity index (χ4n) is 0.936. The van der Waals surface area contributed by atoms with E-state index >= 15 is 0 Å². The summed E-state index contributed by atoms with van der Waals surface area (Å²) in [5.74, 6) is 0.424. The maximum absolute atomic E-state index is 11.4. The lowest BCUT2D eigenvalue weighted by molar-refractivity contribution is 0.0988. The molecule has 0 radical (unpaired) electrons. The van der Waals surface area contributed by atoms with Crippen molar-refractivity contribution in [2.45, 2.75) is 6.42 Å². The second-order valence-corrected chi connectivity index (χ2v) is 4.46. The summed E-state index contributed by atoms with van der Waals surface area (Å²) in [5, 5.41) is 0.645. The van der Waals surface area contributed by atoms with Crippen LogP contribution in [0.2, 0.25) is 5.02 Å². The fraction of sp³-hybridized carbons (Fsp3) is 0.222. The van der Waals surface area contributed by atoms with Crippen LogP contribution in [0.1, 0.15) is 16.8 Å². The Bertz CT molecular complexity index is 325. The fourth-order valence-corrected chi connectivity index (χ4v) is 2.28. The molecule has 0 unspecified atom stereocenters. The number of alkyl halides is 1. The van der Waals surface area contributed by atoms with Gasteiger partial charge in [-0.1, -0.05) is 11.6 Å². The summed E-state index contributed by atoms with van der Waals surface area (Å²) in [4.78, 5) is 11.4. The van der Waals surface area contributed by atoms with Crippen LogP contribution in [0.4, 0.5) is 0 Å². The van der Waals surface area contributed by atoms with Gasteiger partial charge < -0.3 is 0 Å². The van der Waals surface area contributed by atoms with Crippen molar-refractivity contribution in [2.24, 2.45) is 0 Å². The number of ketones is 1. The molecular formula is C9H7Cl2IO. The van der Waals surface area contributed by atoms with Crippen LogP contribution in [0.25, 0.3) is 0 Å². The molecule has 0 aliphatic rings. The highest BCUT2D eigenvalue weighted by Crippen LogP contribution is 2.19. The summed E-state index contributed by atoms with van der Waals surface area (Å²) >= 11 is 13.3. The Morgan fingerprint density at radius 2 is 2.15 bits per heavy atom. The first-order chi connectivity index (χ1) is 6.15. The largest absolute Gasteiger partial charge is 0.294 e. The minimum atomic E-state index is 0.0658. The zero-order valence-corrected chi connectivity index (χ0v) is 10.4. The molecule has 0 spiro atoms. The van der Waals surface area contributed by atoms with Gasteiger partial charge in [-0.25, -0.2) is 0 Å². The third-order valence-electron chi connectivity index (χ3n) is 1.55. The molecule has 1 aromatic carbocycles. The predicted molar refractivity (Wildman–Crippen MR) is 63.8 cm³/mol. The van der Waals surface area contributed by atoms with Crippen molar-refractivity contribution in [1.82, 2.24) is 0 Å². The van der Waals surface area contributed by atoms with E-state index in [1.54, 1.807) is 18.2 Å². The van der Waals surface area contributed by atoms with Crippen molar-refractivity contribution < 1.29 is 4.79 Å². The van der Waals surface area contributed by atoms with E-state index in [-0.39, 0.29) is 5.78 Å². The molecule has 1 rings (SSSR count). The van der Waals surface area contributed by atoms with Gasteiger partial charge in [0.15, 0.2) is 5.78 Å². The van der Waals surface area contributed by atoms with Gasteiger partial charge in [0, 0.05) is 26.5 Å². The van der Waals surface area contributed by atoms with Gasteiger partial charge in [0.1, 0.15) is 0 Å². The minimum Gasteiger partial charge on any atom is -0.294 e. The standard InChI is InChI=1S/C9H7Cl2IO/c10-4-3-9(13)7-2-1-6(11)5-8(7)12/h1-2,5H,3-4H2. The first kappa shape index (κ1) is 11.3. The first-order valence-electron chi connectivity index (χ1n) is 3.69. The smallest absolute Gasteiger partial charge is 0.165 e. The van der Waals surface area contributed by atoms with Crippen LogP contribution < -0.4 is 0 Å². The molecule has 70 valence electrons. The van der Waals surface area contributed by atoms with E-state index in [1.807, 2.05) is 0 Å². The molecule has 0 atom stereocenters. The Balaban J connectivity index is 2.95. The molecule has 13 heavy (non-hydrogen) atoms. The van der Waals surface area contributed by atoms with Gasteiger partial charge in [0.2, 0.25) is 0 Å². The SMILES string of the molecule is O=C(CCCl)c1ccc(Cl)cc1I. The average molecular weight is 329 g/mol. The highest BCUT2D eigenvalue weighted by atomic mass is 127. The minimum absolute atomic E-state index is 0.0658. The highest BCUT2D eigenvalue weighted by molar-refractivity contribution is 14.1. The second kappa shape index (κ2) is 5.17. The number of halogens is 3. The normalized spacial score (nSPS) is 10.1. The van der Waals surface area contributed by atoms with Crippen molar-refractivity contribution in [2.75, 3.05) is 5.88 Å². The quantitative estimate of drug-likeness (QED) is 0.469. The number of carbonyl (C=O) groups excluding carboxylic acids is 1. The Morgan fingerprint density at radius 3 is 2.69 bits per heavy atom. The number of Topliss-reactive ketones (excluding diaryl/α,β-unsaturated/α-hetero) is 1. The zero-order valence-electron chi connectivity index (χ0n) is 6.69. The Labute approximate surface area is 101 Å². The third kappa shape index (κ3) is 3.11. The van der Waals surface area contributed by atoms with Crippen molar-refractivity contribution >= 4 is 51.6 Å². The van der Waals surface area contributed by atoms with Crippen molar-refractivity contribution in [1.29, 1.82) is 0 Å². The van der Waals surface area contributed by atoms with Gasteiger partial charge in [0.25, 0.3) is 0 Å². The predicted octanol–water partition coefficient (Wildman–Crippen LogP) is 3.76. The van der Waals surface area contributed by atoms with E-state index in [0.29, 0.717) is 22.9 Å². The van der Waals surface area contributed by atoms with Crippen LogP contribution in [-0.4, -0.2) is 11.7 Å². The monoisotopic (exact) mass is 328 g/mol. The van der Waals surface area contributed by atoms with E-state index < -0.39 is 0 Å². The average Bonchev–Trinajstić information content (AvgIpc) is 2.04. The summed E-state index contributed by atoms with van der Waals surface area (Å²) in [6.45, 7) is 0. The summed E-state index contributed by atoms with van der Waals surface area (Å²) in [6.07, 6.45) is 0.374. The number of benzene rings is 1. The molecule has 0 fully saturated rings. The molecular weight excluding hydrogens is 322 g/mol. The highest BCUT2D eigenvalue weighted by Gasteiger charge is 2.08. The Morgan fingerprint density at radius 1 is 1.46 bits per heavy atom. The van der Waals surface area contributed by atoms with Crippen LogP contribution in [-0.2, 0) is 0 Å². The topological polar surface area (TPSA) is 17.1 Å². The lowest BCUT2D eigenvalue weighted by atomic mass is 10.1. The molecule has 1 nitrogen and oxygen atoms in total. The van der Waals surface area contributed by atoms with E-state index in [9.17, 15) is 4.79 Å². The molecule has 0 N–H and O–H groups in total. The van der Waals surface area contributed by atoms with Crippen LogP contribution >= 0.6 is 45.8 Å². The van der Waals surface area contributed by atoms with Gasteiger partial charge >= 0.3 is 0 Å². The van der Waals surface area contributed by atoms with Crippen LogP contribution in [0.5, 0.6) is 0 Å². The second-order valence-electron chi connectivity index (χ2n) is 2.49.